The van der Waals surface area contributed by atoms with Gasteiger partial charge in [0.15, 0.2) is 63.7 Å². The van der Waals surface area contributed by atoms with Gasteiger partial charge in [0.25, 0.3) is 0 Å². The topological polar surface area (TPSA) is 175 Å². The summed E-state index contributed by atoms with van der Waals surface area (Å²) in [5, 5.41) is 36.9. The van der Waals surface area contributed by atoms with Gasteiger partial charge < -0.3 is 49.3 Å². The third-order valence-corrected chi connectivity index (χ3v) is 14.4. The Bertz CT molecular complexity index is 3490. The van der Waals surface area contributed by atoms with Gasteiger partial charge in [-0.25, -0.2) is 45.1 Å². The summed E-state index contributed by atoms with van der Waals surface area (Å²) in [6.45, 7) is -1.29. The second-order valence-electron chi connectivity index (χ2n) is 20.1. The molecule has 0 radical (unpaired) electrons. The summed E-state index contributed by atoms with van der Waals surface area (Å²) in [6.07, 6.45) is 4.20. The van der Waals surface area contributed by atoms with E-state index in [0.29, 0.717) is 0 Å². The summed E-state index contributed by atoms with van der Waals surface area (Å²) in [5.74, 6) is -32.7. The van der Waals surface area contributed by atoms with E-state index in [0.717, 1.165) is 62.4 Å². The quantitative estimate of drug-likeness (QED) is 0.0194. The van der Waals surface area contributed by atoms with E-state index in [1.54, 1.807) is 0 Å². The first kappa shape index (κ1) is 64.0. The molecule has 9 rings (SSSR count). The highest BCUT2D eigenvalue weighted by atomic mass is 19.2. The van der Waals surface area contributed by atoms with Gasteiger partial charge in [-0.15, -0.1) is 0 Å². The molecular formula is C62H52F14N4O8. The molecule has 0 spiro atoms. The molecule has 3 aromatic heterocycles. The second kappa shape index (κ2) is 27.3. The number of aromatic nitrogens is 4. The van der Waals surface area contributed by atoms with Gasteiger partial charge in [-0.05, 0) is 119 Å². The van der Waals surface area contributed by atoms with Crippen molar-refractivity contribution in [3.8, 4) is 67.5 Å². The normalized spacial score (nSPS) is 12.0. The largest absolute Gasteiger partial charge is 0.490 e. The molecule has 0 fully saturated rings. The molecule has 8 bridgehead atoms. The number of ether oxygens (including phenoxy) is 4. The van der Waals surface area contributed by atoms with Crippen LogP contribution in [0.4, 0.5) is 61.5 Å². The fourth-order valence-electron chi connectivity index (χ4n) is 10.0. The average Bonchev–Trinajstić information content (AvgIpc) is 2.26. The minimum atomic E-state index is -2.13. The molecule has 0 saturated heterocycles. The summed E-state index contributed by atoms with van der Waals surface area (Å²) in [4.78, 5) is 14.3. The highest BCUT2D eigenvalue weighted by Crippen LogP contribution is 2.47. The van der Waals surface area contributed by atoms with Crippen LogP contribution in [0.2, 0.25) is 0 Å². The van der Waals surface area contributed by atoms with Crippen molar-refractivity contribution in [1.82, 2.24) is 19.9 Å². The lowest BCUT2D eigenvalue weighted by Crippen LogP contribution is -2.08. The highest BCUT2D eigenvalue weighted by molar-refractivity contribution is 6.01. The number of H-pyrrole nitrogens is 2. The van der Waals surface area contributed by atoms with Crippen LogP contribution in [0.25, 0.3) is 90.9 Å². The van der Waals surface area contributed by atoms with Gasteiger partial charge in [0, 0.05) is 81.9 Å². The Labute approximate surface area is 491 Å². The van der Waals surface area contributed by atoms with Crippen LogP contribution in [-0.2, 0) is 0 Å². The Kier molecular flexibility index (Phi) is 19.9. The van der Waals surface area contributed by atoms with Crippen molar-refractivity contribution in [2.75, 3.05) is 52.9 Å². The first-order chi connectivity index (χ1) is 42.2. The van der Waals surface area contributed by atoms with E-state index >= 15 is 61.5 Å². The predicted molar refractivity (Wildman–Crippen MR) is 297 cm³/mol. The maximum Gasteiger partial charge on any atom is 0.204 e. The maximum absolute atomic E-state index is 17.3. The van der Waals surface area contributed by atoms with E-state index < -0.39 is 225 Å². The molecule has 4 aromatic carbocycles. The van der Waals surface area contributed by atoms with Gasteiger partial charge in [-0.3, -0.25) is 0 Å². The van der Waals surface area contributed by atoms with E-state index in [2.05, 4.69) is 19.9 Å². The Morgan fingerprint density at radius 1 is 0.295 bits per heavy atom. The van der Waals surface area contributed by atoms with Crippen molar-refractivity contribution in [3.63, 3.8) is 0 Å². The Balaban J connectivity index is 1.48. The number of halogens is 14. The number of unbranched alkanes of at least 4 members (excludes halogenated alkanes) is 4. The predicted octanol–water partition coefficient (Wildman–Crippen LogP) is 14.5. The molecule has 2 aliphatic heterocycles. The van der Waals surface area contributed by atoms with Crippen LogP contribution in [0.3, 0.4) is 0 Å². The van der Waals surface area contributed by atoms with Gasteiger partial charge in [-0.2, -0.15) is 26.3 Å². The summed E-state index contributed by atoms with van der Waals surface area (Å²) < 4.78 is 255. The van der Waals surface area contributed by atoms with E-state index in [4.69, 9.17) is 18.9 Å². The number of aromatic amines is 2. The summed E-state index contributed by atoms with van der Waals surface area (Å²) in [6, 6.07) is 3.88. The van der Waals surface area contributed by atoms with Crippen molar-refractivity contribution in [2.45, 2.75) is 65.2 Å². The number of benzene rings is 4. The first-order valence-corrected chi connectivity index (χ1v) is 27.4. The van der Waals surface area contributed by atoms with Crippen molar-refractivity contribution < 1.29 is 101 Å². The van der Waals surface area contributed by atoms with Crippen LogP contribution >= 0.6 is 0 Å². The minimum Gasteiger partial charge on any atom is -0.490 e. The van der Waals surface area contributed by atoms with Gasteiger partial charge in [0.1, 0.15) is 5.82 Å². The molecular weight excluding hydrogens is 1190 g/mol. The SMILES string of the molecule is Cc1c(F)c(-c2c3nc(c(-c4c(F)c(F)c(OCCCCO)c(F)c4F)c4ccc([nH]4)c(-c4c(C)c(F)c(OCCCCO)c(F)c4F)c4nc(c(-c5c(F)c(F)c(OCCCCO)c(F)c5F)c5ccc2[nH]5)C=C4)C=C3)c(F)c(F)c1OCCCCO. The van der Waals surface area contributed by atoms with Crippen molar-refractivity contribution in [2.24, 2.45) is 0 Å². The number of fused-ring (bicyclic) bond motifs is 8. The van der Waals surface area contributed by atoms with Gasteiger partial charge in [0.2, 0.25) is 34.9 Å². The van der Waals surface area contributed by atoms with E-state index in [-0.39, 0.29) is 84.4 Å². The number of rotatable bonds is 24. The molecule has 0 aliphatic carbocycles. The number of aliphatic hydroxyl groups is 4. The van der Waals surface area contributed by atoms with Crippen LogP contribution in [0.5, 0.6) is 23.0 Å². The molecule has 12 nitrogen and oxygen atoms in total. The van der Waals surface area contributed by atoms with Crippen LogP contribution in [0, 0.1) is 95.3 Å². The van der Waals surface area contributed by atoms with E-state index in [9.17, 15) is 20.4 Å². The van der Waals surface area contributed by atoms with Gasteiger partial charge in [0.05, 0.1) is 65.9 Å². The highest BCUT2D eigenvalue weighted by Gasteiger charge is 2.35. The smallest absolute Gasteiger partial charge is 0.204 e. The molecule has 88 heavy (non-hydrogen) atoms. The second-order valence-corrected chi connectivity index (χ2v) is 20.1. The monoisotopic (exact) mass is 1250 g/mol. The molecule has 7 aromatic rings. The average molecular weight is 1250 g/mol. The molecule has 0 unspecified atom stereocenters. The fraction of sp³-hybridized carbons (Fsp3) is 0.290. The minimum absolute atomic E-state index is 0.0395. The fourth-order valence-corrected chi connectivity index (χ4v) is 10.0. The van der Waals surface area contributed by atoms with Crippen LogP contribution < -0.4 is 18.9 Å². The Morgan fingerprint density at radius 3 is 0.852 bits per heavy atom. The molecule has 0 saturated carbocycles. The van der Waals surface area contributed by atoms with E-state index in [1.165, 1.54) is 0 Å². The third-order valence-electron chi connectivity index (χ3n) is 14.4. The Hall–Kier alpha value is -8.46. The summed E-state index contributed by atoms with van der Waals surface area (Å²) in [7, 11) is 0. The first-order valence-electron chi connectivity index (χ1n) is 27.4. The van der Waals surface area contributed by atoms with Gasteiger partial charge >= 0.3 is 0 Å². The number of nitrogens with one attached hydrogen (secondary N) is 2. The lowest BCUT2D eigenvalue weighted by atomic mass is 9.97. The van der Waals surface area contributed by atoms with Crippen molar-refractivity contribution >= 4 is 46.4 Å². The van der Waals surface area contributed by atoms with Crippen LogP contribution in [-0.4, -0.2) is 93.2 Å². The van der Waals surface area contributed by atoms with Crippen molar-refractivity contribution in [1.29, 1.82) is 0 Å². The lowest BCUT2D eigenvalue weighted by molar-refractivity contribution is 0.237. The molecule has 0 amide bonds. The zero-order valence-electron chi connectivity index (χ0n) is 46.5. The molecule has 6 N–H and O–H groups in total. The lowest BCUT2D eigenvalue weighted by Gasteiger charge is -2.16. The summed E-state index contributed by atoms with van der Waals surface area (Å²) >= 11 is 0. The zero-order chi connectivity index (χ0) is 63.4. The Morgan fingerprint density at radius 2 is 0.545 bits per heavy atom. The number of nitrogens with zero attached hydrogens (tertiary/aromatic N) is 2. The van der Waals surface area contributed by atoms with Crippen LogP contribution in [0.1, 0.15) is 85.3 Å². The zero-order valence-corrected chi connectivity index (χ0v) is 46.5. The van der Waals surface area contributed by atoms with Crippen LogP contribution in [0.15, 0.2) is 24.3 Å². The molecule has 26 heteroatoms. The molecule has 0 atom stereocenters. The van der Waals surface area contributed by atoms with E-state index in [1.807, 2.05) is 0 Å². The third kappa shape index (κ3) is 11.9. The maximum atomic E-state index is 17.3. The molecule has 466 valence electrons. The number of hydrogen-bond donors (Lipinski definition) is 6. The standard InChI is InChI=1S/C62H52F14N4O8/c1-27-37(47(65)54(72)60(46(27)64)86-24-8-4-20-82)38-29-11-13-33(77-29)40(43-49(67)55(73)61(56(74)50(43)68)87-25-9-5-21-83)35-17-15-31(79-35)39(42-45(63)28(2)59(53(71)48(42)66)85-23-7-3-19-81)32-16-18-36(80-32)41(34-14-12-30(38)78-34)44-51(69)57(75)62(58(76)52(44)70)88-26-10-6-22-84/h11-18,77,80-84H,3-10,19-26H2,1-2H3. The number of aliphatic hydroxyl groups excluding tert-OH is 4. The van der Waals surface area contributed by atoms with Gasteiger partial charge in [-0.1, -0.05) is 0 Å². The molecule has 2 aliphatic rings. The summed E-state index contributed by atoms with van der Waals surface area (Å²) in [5.41, 5.74) is -15.0. The number of hydrogen-bond acceptors (Lipinski definition) is 10. The molecule has 5 heterocycles. The van der Waals surface area contributed by atoms with Crippen molar-refractivity contribution in [3.05, 3.63) is 140 Å².